The van der Waals surface area contributed by atoms with Crippen molar-refractivity contribution in [2.75, 3.05) is 0 Å². The molecular weight excluding hydrogens is 182 g/mol. The lowest BCUT2D eigenvalue weighted by Gasteiger charge is -2.04. The molecule has 1 nitrogen and oxygen atoms in total. The van der Waals surface area contributed by atoms with E-state index >= 15 is 0 Å². The van der Waals surface area contributed by atoms with Crippen molar-refractivity contribution >= 4 is 0 Å². The van der Waals surface area contributed by atoms with Crippen molar-refractivity contribution < 1.29 is 5.48 Å². The Morgan fingerprint density at radius 3 is 1.53 bits per heavy atom. The Balaban J connectivity index is 2.25. The molecule has 0 atom stereocenters. The number of rotatable bonds is 4. The summed E-state index contributed by atoms with van der Waals surface area (Å²) in [5.41, 5.74) is 0.796. The van der Waals surface area contributed by atoms with E-state index in [0.717, 1.165) is 0 Å². The van der Waals surface area contributed by atoms with Crippen LogP contribution < -0.4 is 5.32 Å². The molecule has 0 aliphatic carbocycles. The van der Waals surface area contributed by atoms with E-state index in [-0.39, 0.29) is 0 Å². The molecule has 0 unspecified atom stereocenters. The van der Waals surface area contributed by atoms with Gasteiger partial charge >= 0.3 is 0 Å². The Bertz CT molecular complexity index is 476. The molecule has 2 aromatic rings. The third kappa shape index (κ3) is 3.22. The highest BCUT2D eigenvalue weighted by atomic mass is 14.8. The van der Waals surface area contributed by atoms with Gasteiger partial charge in [-0.15, -0.1) is 0 Å². The van der Waals surface area contributed by atoms with E-state index < -0.39 is 13.0 Å². The fourth-order valence-corrected chi connectivity index (χ4v) is 1.22. The van der Waals surface area contributed by atoms with Gasteiger partial charge in [0.1, 0.15) is 0 Å². The van der Waals surface area contributed by atoms with Gasteiger partial charge < -0.3 is 5.32 Å². The van der Waals surface area contributed by atoms with Gasteiger partial charge in [0.2, 0.25) is 0 Å². The number of hydrogen-bond donors (Lipinski definition) is 1. The Morgan fingerprint density at radius 1 is 0.733 bits per heavy atom. The summed E-state index contributed by atoms with van der Waals surface area (Å²) < 4.78 is 32.0. The van der Waals surface area contributed by atoms with Crippen molar-refractivity contribution in [3.63, 3.8) is 0 Å². The average Bonchev–Trinajstić information content (AvgIpc) is 2.40. The minimum atomic E-state index is -1.94. The molecule has 0 heterocycles. The van der Waals surface area contributed by atoms with Crippen LogP contribution in [0.25, 0.3) is 0 Å². The van der Waals surface area contributed by atoms with Gasteiger partial charge in [-0.25, -0.2) is 0 Å². The molecular formula is C14H15N. The van der Waals surface area contributed by atoms with Gasteiger partial charge in [0.25, 0.3) is 0 Å². The molecule has 0 aliphatic rings. The van der Waals surface area contributed by atoms with Gasteiger partial charge in [-0.3, -0.25) is 0 Å². The lowest BCUT2D eigenvalue weighted by Crippen LogP contribution is -2.12. The highest BCUT2D eigenvalue weighted by Crippen LogP contribution is 2.00. The Labute approximate surface area is 96.4 Å². The minimum absolute atomic E-state index is 0.398. The standard InChI is InChI=1S/C14H15N/c1-3-7-13(8-4-1)11-15-12-14-9-5-2-6-10-14/h1-10,15H,11-12H2/i11D2,12D2. The molecule has 0 fully saturated rings. The fraction of sp³-hybridized carbons (Fsp3) is 0.143. The van der Waals surface area contributed by atoms with Crippen molar-refractivity contribution in [1.82, 2.24) is 5.32 Å². The smallest absolute Gasteiger partial charge is 0.0479 e. The Kier molecular flexibility index (Phi) is 2.16. The average molecular weight is 201 g/mol. The zero-order valence-electron chi connectivity index (χ0n) is 12.3. The van der Waals surface area contributed by atoms with Crippen LogP contribution in [0.2, 0.25) is 0 Å². The lowest BCUT2D eigenvalue weighted by atomic mass is 10.2. The van der Waals surface area contributed by atoms with Crippen molar-refractivity contribution in [2.24, 2.45) is 0 Å². The van der Waals surface area contributed by atoms with Crippen LogP contribution in [0.3, 0.4) is 0 Å². The first-order valence-electron chi connectivity index (χ1n) is 6.82. The Morgan fingerprint density at radius 2 is 1.13 bits per heavy atom. The van der Waals surface area contributed by atoms with E-state index in [1.165, 1.54) is 0 Å². The molecule has 76 valence electrons. The summed E-state index contributed by atoms with van der Waals surface area (Å²) in [5.74, 6) is 0. The minimum Gasteiger partial charge on any atom is -0.309 e. The summed E-state index contributed by atoms with van der Waals surface area (Å²) >= 11 is 0. The van der Waals surface area contributed by atoms with Crippen molar-refractivity contribution in [1.29, 1.82) is 0 Å². The molecule has 2 aromatic carbocycles. The molecule has 1 N–H and O–H groups in total. The lowest BCUT2D eigenvalue weighted by molar-refractivity contribution is 0.693. The molecule has 0 radical (unpaired) electrons. The highest BCUT2D eigenvalue weighted by molar-refractivity contribution is 5.16. The largest absolute Gasteiger partial charge is 0.309 e. The number of nitrogens with one attached hydrogen (secondary N) is 1. The quantitative estimate of drug-likeness (QED) is 0.802. The maximum Gasteiger partial charge on any atom is 0.0479 e. The molecule has 0 saturated carbocycles. The predicted molar refractivity (Wildman–Crippen MR) is 63.4 cm³/mol. The van der Waals surface area contributed by atoms with Gasteiger partial charge in [-0.05, 0) is 11.1 Å². The van der Waals surface area contributed by atoms with Crippen LogP contribution in [0.1, 0.15) is 16.6 Å². The van der Waals surface area contributed by atoms with Crippen LogP contribution in [-0.4, -0.2) is 0 Å². The van der Waals surface area contributed by atoms with E-state index in [4.69, 9.17) is 5.48 Å². The molecule has 0 bridgehead atoms. The molecule has 0 saturated heterocycles. The van der Waals surface area contributed by atoms with Gasteiger partial charge in [0.05, 0.1) is 0 Å². The highest BCUT2D eigenvalue weighted by Gasteiger charge is 1.92. The van der Waals surface area contributed by atoms with Gasteiger partial charge in [0, 0.05) is 18.5 Å². The van der Waals surface area contributed by atoms with Crippen LogP contribution in [0.15, 0.2) is 60.7 Å². The second-order valence-corrected chi connectivity index (χ2v) is 3.11. The molecule has 15 heavy (non-hydrogen) atoms. The summed E-state index contributed by atoms with van der Waals surface area (Å²) in [6.07, 6.45) is 0. The van der Waals surface area contributed by atoms with Crippen LogP contribution >= 0.6 is 0 Å². The van der Waals surface area contributed by atoms with E-state index in [0.29, 0.717) is 11.1 Å². The maximum absolute atomic E-state index is 7.99. The summed E-state index contributed by atoms with van der Waals surface area (Å²) in [6.45, 7) is -3.89. The molecule has 1 heteroatoms. The monoisotopic (exact) mass is 201 g/mol. The van der Waals surface area contributed by atoms with Crippen molar-refractivity contribution in [3.05, 3.63) is 71.8 Å². The number of benzene rings is 2. The summed E-state index contributed by atoms with van der Waals surface area (Å²) in [6, 6.07) is 17.0. The van der Waals surface area contributed by atoms with Crippen LogP contribution in [0.5, 0.6) is 0 Å². The van der Waals surface area contributed by atoms with Gasteiger partial charge in [0.15, 0.2) is 0 Å². The van der Waals surface area contributed by atoms with Gasteiger partial charge in [-0.1, -0.05) is 60.7 Å². The molecule has 0 spiro atoms. The second-order valence-electron chi connectivity index (χ2n) is 3.11. The van der Waals surface area contributed by atoms with Crippen LogP contribution in [0, 0.1) is 0 Å². The second kappa shape index (κ2) is 5.32. The first-order chi connectivity index (χ1) is 8.92. The van der Waals surface area contributed by atoms with E-state index in [9.17, 15) is 0 Å². The fourth-order valence-electron chi connectivity index (χ4n) is 1.22. The third-order valence-electron chi connectivity index (χ3n) is 1.96. The summed E-state index contributed by atoms with van der Waals surface area (Å²) in [4.78, 5) is 0. The van der Waals surface area contributed by atoms with Crippen LogP contribution in [0.4, 0.5) is 0 Å². The van der Waals surface area contributed by atoms with Crippen LogP contribution in [-0.2, 0) is 13.0 Å². The molecule has 2 rings (SSSR count). The SMILES string of the molecule is [2H]C([2H])(NC([2H])([2H])c1ccccc1)c1ccccc1. The predicted octanol–water partition coefficient (Wildman–Crippen LogP) is 2.98. The van der Waals surface area contributed by atoms with E-state index in [1.54, 1.807) is 60.7 Å². The summed E-state index contributed by atoms with van der Waals surface area (Å²) in [7, 11) is 0. The number of hydrogen-bond acceptors (Lipinski definition) is 1. The van der Waals surface area contributed by atoms with E-state index in [2.05, 4.69) is 5.32 Å². The summed E-state index contributed by atoms with van der Waals surface area (Å²) in [5, 5.41) is 2.43. The third-order valence-corrected chi connectivity index (χ3v) is 1.96. The van der Waals surface area contributed by atoms with Gasteiger partial charge in [-0.2, -0.15) is 0 Å². The molecule has 0 aromatic heterocycles. The van der Waals surface area contributed by atoms with Crippen molar-refractivity contribution in [3.8, 4) is 0 Å². The zero-order chi connectivity index (χ0) is 13.9. The molecule has 0 aliphatic heterocycles. The van der Waals surface area contributed by atoms with E-state index in [1.807, 2.05) is 0 Å². The first kappa shape index (κ1) is 6.09. The Hall–Kier alpha value is -1.60. The first-order valence-corrected chi connectivity index (χ1v) is 4.82. The molecule has 0 amide bonds. The maximum atomic E-state index is 7.99. The van der Waals surface area contributed by atoms with Crippen molar-refractivity contribution in [2.45, 2.75) is 13.0 Å². The topological polar surface area (TPSA) is 12.0 Å². The zero-order valence-corrected chi connectivity index (χ0v) is 8.27. The normalized spacial score (nSPS) is 16.0.